The molecule has 1 aromatic carbocycles. The first kappa shape index (κ1) is 14.5. The van der Waals surface area contributed by atoms with Crippen molar-refractivity contribution in [2.75, 3.05) is 0 Å². The fraction of sp³-hybridized carbons (Fsp3) is 0. The summed E-state index contributed by atoms with van der Waals surface area (Å²) in [5, 5.41) is 28.9. The molecule has 0 bridgehead atoms. The standard InChI is InChI=1S/C13H7N3O4S/c14-7-8-2-1-3-11(12(8)16(19)20)21-9-4-5-15-10(6-9)13(17)18/h1-6H,(H,17,18). The van der Waals surface area contributed by atoms with E-state index in [-0.39, 0.29) is 21.8 Å². The van der Waals surface area contributed by atoms with Crippen molar-refractivity contribution in [2.45, 2.75) is 9.79 Å². The van der Waals surface area contributed by atoms with E-state index < -0.39 is 10.9 Å². The number of benzene rings is 1. The van der Waals surface area contributed by atoms with Gasteiger partial charge in [0, 0.05) is 11.1 Å². The molecule has 21 heavy (non-hydrogen) atoms. The van der Waals surface area contributed by atoms with Crippen LogP contribution in [-0.2, 0) is 0 Å². The average Bonchev–Trinajstić information content (AvgIpc) is 2.46. The Bertz CT molecular complexity index is 770. The molecule has 104 valence electrons. The summed E-state index contributed by atoms with van der Waals surface area (Å²) in [4.78, 5) is 25.8. The number of aromatic nitrogens is 1. The van der Waals surface area contributed by atoms with Crippen LogP contribution in [0.4, 0.5) is 5.69 Å². The molecule has 0 fully saturated rings. The third-order valence-corrected chi connectivity index (χ3v) is 3.52. The van der Waals surface area contributed by atoms with Crippen LogP contribution in [0.5, 0.6) is 0 Å². The van der Waals surface area contributed by atoms with Crippen LogP contribution in [-0.4, -0.2) is 21.0 Å². The monoisotopic (exact) mass is 301 g/mol. The third-order valence-electron chi connectivity index (χ3n) is 2.48. The van der Waals surface area contributed by atoms with E-state index in [1.165, 1.54) is 30.5 Å². The third kappa shape index (κ3) is 3.16. The molecule has 0 saturated heterocycles. The summed E-state index contributed by atoms with van der Waals surface area (Å²) >= 11 is 1.01. The Balaban J connectivity index is 2.45. The normalized spacial score (nSPS) is 9.86. The number of nitrogens with zero attached hydrogens (tertiary/aromatic N) is 3. The van der Waals surface area contributed by atoms with Gasteiger partial charge >= 0.3 is 11.7 Å². The predicted octanol–water partition coefficient (Wildman–Crippen LogP) is 2.71. The number of pyridine rings is 1. The largest absolute Gasteiger partial charge is 0.477 e. The van der Waals surface area contributed by atoms with E-state index in [1.54, 1.807) is 12.1 Å². The van der Waals surface area contributed by atoms with Crippen LogP contribution < -0.4 is 0 Å². The maximum Gasteiger partial charge on any atom is 0.354 e. The van der Waals surface area contributed by atoms with Crippen LogP contribution >= 0.6 is 11.8 Å². The smallest absolute Gasteiger partial charge is 0.354 e. The minimum absolute atomic E-state index is 0.0440. The van der Waals surface area contributed by atoms with E-state index in [9.17, 15) is 14.9 Å². The minimum Gasteiger partial charge on any atom is -0.477 e. The lowest BCUT2D eigenvalue weighted by Crippen LogP contribution is -1.99. The Morgan fingerprint density at radius 1 is 1.43 bits per heavy atom. The molecule has 0 aliphatic heterocycles. The Kier molecular flexibility index (Phi) is 4.15. The first-order valence-corrected chi connectivity index (χ1v) is 6.39. The molecule has 0 radical (unpaired) electrons. The van der Waals surface area contributed by atoms with Gasteiger partial charge in [0.1, 0.15) is 17.3 Å². The van der Waals surface area contributed by atoms with E-state index in [0.29, 0.717) is 4.90 Å². The molecule has 1 aromatic heterocycles. The number of carboxylic acid groups (broad SMARTS) is 1. The Hall–Kier alpha value is -2.92. The molecule has 0 atom stereocenters. The van der Waals surface area contributed by atoms with E-state index in [0.717, 1.165) is 11.8 Å². The molecule has 7 nitrogen and oxygen atoms in total. The van der Waals surface area contributed by atoms with Crippen molar-refractivity contribution in [1.29, 1.82) is 5.26 Å². The lowest BCUT2D eigenvalue weighted by atomic mass is 10.2. The van der Waals surface area contributed by atoms with Gasteiger partial charge in [-0.2, -0.15) is 5.26 Å². The fourth-order valence-corrected chi connectivity index (χ4v) is 2.58. The zero-order valence-electron chi connectivity index (χ0n) is 10.4. The molecule has 0 saturated carbocycles. The number of hydrogen-bond acceptors (Lipinski definition) is 6. The molecular formula is C13H7N3O4S. The molecule has 1 heterocycles. The van der Waals surface area contributed by atoms with Gasteiger partial charge in [0.25, 0.3) is 0 Å². The number of hydrogen-bond donors (Lipinski definition) is 1. The summed E-state index contributed by atoms with van der Waals surface area (Å²) in [6.45, 7) is 0. The van der Waals surface area contributed by atoms with Crippen molar-refractivity contribution in [1.82, 2.24) is 4.98 Å². The second-order valence-electron chi connectivity index (χ2n) is 3.81. The van der Waals surface area contributed by atoms with Gasteiger partial charge in [-0.25, -0.2) is 9.78 Å². The highest BCUT2D eigenvalue weighted by Crippen LogP contribution is 2.36. The van der Waals surface area contributed by atoms with Crippen molar-refractivity contribution in [3.63, 3.8) is 0 Å². The second-order valence-corrected chi connectivity index (χ2v) is 4.92. The van der Waals surface area contributed by atoms with Crippen molar-refractivity contribution in [2.24, 2.45) is 0 Å². The average molecular weight is 301 g/mol. The number of para-hydroxylation sites is 1. The molecule has 0 aliphatic carbocycles. The predicted molar refractivity (Wildman–Crippen MR) is 73.1 cm³/mol. The van der Waals surface area contributed by atoms with E-state index >= 15 is 0 Å². The Morgan fingerprint density at radius 2 is 2.19 bits per heavy atom. The number of nitriles is 1. The number of aromatic carboxylic acids is 1. The van der Waals surface area contributed by atoms with Crippen LogP contribution in [0, 0.1) is 21.4 Å². The number of nitro groups is 1. The number of carbonyl (C=O) groups is 1. The summed E-state index contributed by atoms with van der Waals surface area (Å²) < 4.78 is 0. The van der Waals surface area contributed by atoms with Gasteiger partial charge in [0.2, 0.25) is 0 Å². The molecule has 8 heteroatoms. The highest BCUT2D eigenvalue weighted by molar-refractivity contribution is 7.99. The molecule has 2 aromatic rings. The van der Waals surface area contributed by atoms with Gasteiger partial charge in [-0.1, -0.05) is 17.8 Å². The summed E-state index contributed by atoms with van der Waals surface area (Å²) in [5.74, 6) is -1.18. The van der Waals surface area contributed by atoms with Crippen LogP contribution in [0.25, 0.3) is 0 Å². The molecule has 0 spiro atoms. The topological polar surface area (TPSA) is 117 Å². The Morgan fingerprint density at radius 3 is 2.81 bits per heavy atom. The van der Waals surface area contributed by atoms with E-state index in [2.05, 4.69) is 4.98 Å². The van der Waals surface area contributed by atoms with Crippen LogP contribution in [0.1, 0.15) is 16.1 Å². The first-order valence-electron chi connectivity index (χ1n) is 5.57. The van der Waals surface area contributed by atoms with Gasteiger partial charge in [-0.15, -0.1) is 0 Å². The van der Waals surface area contributed by atoms with Gasteiger partial charge in [0.15, 0.2) is 0 Å². The van der Waals surface area contributed by atoms with Gasteiger partial charge < -0.3 is 5.11 Å². The highest BCUT2D eigenvalue weighted by Gasteiger charge is 2.20. The van der Waals surface area contributed by atoms with Crippen molar-refractivity contribution >= 4 is 23.4 Å². The number of carboxylic acids is 1. The lowest BCUT2D eigenvalue weighted by molar-refractivity contribution is -0.388. The van der Waals surface area contributed by atoms with Gasteiger partial charge in [-0.05, 0) is 24.3 Å². The maximum absolute atomic E-state index is 11.1. The summed E-state index contributed by atoms with van der Waals surface area (Å²) in [5.41, 5.74) is -0.490. The number of nitro benzene ring substituents is 1. The SMILES string of the molecule is N#Cc1cccc(Sc2ccnc(C(=O)O)c2)c1[N+](=O)[O-]. The summed E-state index contributed by atoms with van der Waals surface area (Å²) in [6.07, 6.45) is 1.31. The van der Waals surface area contributed by atoms with Crippen LogP contribution in [0.2, 0.25) is 0 Å². The molecule has 0 amide bonds. The van der Waals surface area contributed by atoms with Crippen molar-refractivity contribution in [3.05, 3.63) is 57.9 Å². The fourth-order valence-electron chi connectivity index (χ4n) is 1.60. The molecule has 0 unspecified atom stereocenters. The van der Waals surface area contributed by atoms with Crippen molar-refractivity contribution < 1.29 is 14.8 Å². The summed E-state index contributed by atoms with van der Waals surface area (Å²) in [7, 11) is 0. The zero-order chi connectivity index (χ0) is 15.4. The summed E-state index contributed by atoms with van der Waals surface area (Å²) in [6, 6.07) is 9.03. The Labute approximate surface area is 123 Å². The van der Waals surface area contributed by atoms with Gasteiger partial charge in [-0.3, -0.25) is 10.1 Å². The van der Waals surface area contributed by atoms with Crippen LogP contribution in [0.15, 0.2) is 46.3 Å². The molecule has 1 N–H and O–H groups in total. The van der Waals surface area contributed by atoms with Crippen molar-refractivity contribution in [3.8, 4) is 6.07 Å². The van der Waals surface area contributed by atoms with E-state index in [4.69, 9.17) is 10.4 Å². The second kappa shape index (κ2) is 6.02. The van der Waals surface area contributed by atoms with Crippen LogP contribution in [0.3, 0.4) is 0 Å². The van der Waals surface area contributed by atoms with E-state index in [1.807, 2.05) is 0 Å². The zero-order valence-corrected chi connectivity index (χ0v) is 11.2. The number of rotatable bonds is 4. The maximum atomic E-state index is 11.1. The quantitative estimate of drug-likeness (QED) is 0.681. The van der Waals surface area contributed by atoms with Gasteiger partial charge in [0.05, 0.1) is 9.82 Å². The molecule has 2 rings (SSSR count). The molecule has 0 aliphatic rings. The lowest BCUT2D eigenvalue weighted by Gasteiger charge is -2.04. The first-order chi connectivity index (χ1) is 10.0. The minimum atomic E-state index is -1.18. The molecular weight excluding hydrogens is 294 g/mol. The highest BCUT2D eigenvalue weighted by atomic mass is 32.2.